The van der Waals surface area contributed by atoms with Crippen molar-refractivity contribution in [2.75, 3.05) is 32.7 Å². The number of hydrogen-bond acceptors (Lipinski definition) is 4. The molecule has 0 saturated carbocycles. The predicted octanol–water partition coefficient (Wildman–Crippen LogP) is 2.69. The first-order valence-corrected chi connectivity index (χ1v) is 9.00. The molecule has 23 heavy (non-hydrogen) atoms. The maximum absolute atomic E-state index is 12.9. The molecule has 0 radical (unpaired) electrons. The molecule has 1 amide bonds. The van der Waals surface area contributed by atoms with Crippen LogP contribution in [0.5, 0.6) is 0 Å². The third kappa shape index (κ3) is 4.99. The van der Waals surface area contributed by atoms with E-state index < -0.39 is 0 Å². The van der Waals surface area contributed by atoms with Crippen molar-refractivity contribution in [1.82, 2.24) is 20.0 Å². The summed E-state index contributed by atoms with van der Waals surface area (Å²) in [5.74, 6) is 0.103. The molecule has 1 fully saturated rings. The number of rotatable bonds is 7. The van der Waals surface area contributed by atoms with Gasteiger partial charge < -0.3 is 9.80 Å². The normalized spacial score (nSPS) is 15.6. The maximum Gasteiger partial charge on any atom is 0.255 e. The van der Waals surface area contributed by atoms with Crippen LogP contribution >= 0.6 is 0 Å². The maximum atomic E-state index is 12.9. The van der Waals surface area contributed by atoms with Gasteiger partial charge >= 0.3 is 0 Å². The summed E-state index contributed by atoms with van der Waals surface area (Å²) in [7, 11) is 0. The predicted molar refractivity (Wildman–Crippen MR) is 92.6 cm³/mol. The van der Waals surface area contributed by atoms with Gasteiger partial charge in [0.1, 0.15) is 0 Å². The molecule has 2 heterocycles. The molecule has 5 nitrogen and oxygen atoms in total. The molecule has 0 atom stereocenters. The minimum Gasteiger partial charge on any atom is -0.337 e. The van der Waals surface area contributed by atoms with E-state index in [1.807, 2.05) is 24.8 Å². The second-order valence-electron chi connectivity index (χ2n) is 6.38. The van der Waals surface area contributed by atoms with E-state index in [2.05, 4.69) is 22.0 Å². The third-order valence-electron chi connectivity index (χ3n) is 4.54. The number of aryl methyl sites for hydroxylation is 2. The Hall–Kier alpha value is -1.49. The van der Waals surface area contributed by atoms with Gasteiger partial charge in [0.2, 0.25) is 0 Å². The molecule has 1 aliphatic heterocycles. The quantitative estimate of drug-likeness (QED) is 0.775. The number of amides is 1. The highest BCUT2D eigenvalue weighted by Gasteiger charge is 2.20. The lowest BCUT2D eigenvalue weighted by Gasteiger charge is -2.30. The fourth-order valence-corrected chi connectivity index (χ4v) is 3.08. The van der Waals surface area contributed by atoms with Gasteiger partial charge in [-0.1, -0.05) is 20.3 Å². The van der Waals surface area contributed by atoms with Crippen LogP contribution in [0.1, 0.15) is 61.3 Å². The van der Waals surface area contributed by atoms with Gasteiger partial charge in [0.15, 0.2) is 0 Å². The van der Waals surface area contributed by atoms with Crippen molar-refractivity contribution in [3.63, 3.8) is 0 Å². The zero-order valence-corrected chi connectivity index (χ0v) is 14.8. The molecular formula is C18H30N4O. The minimum absolute atomic E-state index is 0.103. The summed E-state index contributed by atoms with van der Waals surface area (Å²) in [6.07, 6.45) is 5.69. The molecule has 5 heteroatoms. The van der Waals surface area contributed by atoms with E-state index in [1.54, 1.807) is 0 Å². The molecule has 128 valence electrons. The number of carbonyl (C=O) groups is 1. The van der Waals surface area contributed by atoms with Gasteiger partial charge in [0.25, 0.3) is 5.91 Å². The smallest absolute Gasteiger partial charge is 0.255 e. The zero-order chi connectivity index (χ0) is 16.7. The molecule has 1 aromatic heterocycles. The SMILES string of the molecule is CCCN(CCN1CCCCC1)C(=O)c1cc(CC)nnc1C. The fourth-order valence-electron chi connectivity index (χ4n) is 3.08. The van der Waals surface area contributed by atoms with Crippen LogP contribution in [0.3, 0.4) is 0 Å². The summed E-state index contributed by atoms with van der Waals surface area (Å²) >= 11 is 0. The van der Waals surface area contributed by atoms with Crippen LogP contribution in [0.25, 0.3) is 0 Å². The topological polar surface area (TPSA) is 49.3 Å². The van der Waals surface area contributed by atoms with Crippen LogP contribution in [-0.2, 0) is 6.42 Å². The first kappa shape index (κ1) is 17.9. The van der Waals surface area contributed by atoms with Gasteiger partial charge in [0, 0.05) is 19.6 Å². The van der Waals surface area contributed by atoms with Crippen LogP contribution in [-0.4, -0.2) is 58.6 Å². The Morgan fingerprint density at radius 1 is 1.17 bits per heavy atom. The first-order valence-electron chi connectivity index (χ1n) is 9.00. The second-order valence-corrected chi connectivity index (χ2v) is 6.38. The molecule has 0 N–H and O–H groups in total. The summed E-state index contributed by atoms with van der Waals surface area (Å²) in [6.45, 7) is 10.9. The van der Waals surface area contributed by atoms with Crippen molar-refractivity contribution in [1.29, 1.82) is 0 Å². The molecule has 0 aliphatic carbocycles. The Kier molecular flexibility index (Phi) is 6.96. The van der Waals surface area contributed by atoms with Gasteiger partial charge in [0.05, 0.1) is 17.0 Å². The van der Waals surface area contributed by atoms with Crippen molar-refractivity contribution >= 4 is 5.91 Å². The number of carbonyl (C=O) groups excluding carboxylic acids is 1. The molecule has 0 bridgehead atoms. The van der Waals surface area contributed by atoms with Crippen molar-refractivity contribution < 1.29 is 4.79 Å². The van der Waals surface area contributed by atoms with Crippen LogP contribution in [0.4, 0.5) is 0 Å². The van der Waals surface area contributed by atoms with E-state index >= 15 is 0 Å². The van der Waals surface area contributed by atoms with Crippen LogP contribution in [0, 0.1) is 6.92 Å². The Morgan fingerprint density at radius 3 is 2.57 bits per heavy atom. The molecule has 1 saturated heterocycles. The molecule has 1 aliphatic rings. The van der Waals surface area contributed by atoms with E-state index in [0.717, 1.165) is 43.9 Å². The Labute approximate surface area is 140 Å². The van der Waals surface area contributed by atoms with Gasteiger partial charge in [-0.3, -0.25) is 4.79 Å². The van der Waals surface area contributed by atoms with Gasteiger partial charge in [-0.05, 0) is 51.8 Å². The van der Waals surface area contributed by atoms with Gasteiger partial charge in [-0.2, -0.15) is 10.2 Å². The largest absolute Gasteiger partial charge is 0.337 e. The van der Waals surface area contributed by atoms with Gasteiger partial charge in [-0.15, -0.1) is 0 Å². The highest BCUT2D eigenvalue weighted by Crippen LogP contribution is 2.12. The number of likely N-dealkylation sites (tertiary alicyclic amines) is 1. The summed E-state index contributed by atoms with van der Waals surface area (Å²) in [4.78, 5) is 17.4. The lowest BCUT2D eigenvalue weighted by molar-refractivity contribution is 0.0727. The monoisotopic (exact) mass is 318 g/mol. The molecule has 0 spiro atoms. The van der Waals surface area contributed by atoms with Crippen molar-refractivity contribution in [2.24, 2.45) is 0 Å². The van der Waals surface area contributed by atoms with E-state index in [0.29, 0.717) is 5.56 Å². The average molecular weight is 318 g/mol. The first-order chi connectivity index (χ1) is 11.2. The molecular weight excluding hydrogens is 288 g/mol. The average Bonchev–Trinajstić information content (AvgIpc) is 2.59. The number of piperidine rings is 1. The van der Waals surface area contributed by atoms with Crippen LogP contribution < -0.4 is 0 Å². The van der Waals surface area contributed by atoms with E-state index in [1.165, 1.54) is 32.4 Å². The zero-order valence-electron chi connectivity index (χ0n) is 14.8. The molecule has 2 rings (SSSR count). The minimum atomic E-state index is 0.103. The van der Waals surface area contributed by atoms with Crippen molar-refractivity contribution in [2.45, 2.75) is 52.9 Å². The summed E-state index contributed by atoms with van der Waals surface area (Å²) in [5.41, 5.74) is 2.32. The second kappa shape index (κ2) is 8.96. The highest BCUT2D eigenvalue weighted by molar-refractivity contribution is 5.95. The highest BCUT2D eigenvalue weighted by atomic mass is 16.2. The molecule has 1 aromatic rings. The summed E-state index contributed by atoms with van der Waals surface area (Å²) in [5, 5.41) is 8.29. The van der Waals surface area contributed by atoms with Crippen molar-refractivity contribution in [3.8, 4) is 0 Å². The van der Waals surface area contributed by atoms with E-state index in [-0.39, 0.29) is 5.91 Å². The fraction of sp³-hybridized carbons (Fsp3) is 0.722. The van der Waals surface area contributed by atoms with Crippen LogP contribution in [0.2, 0.25) is 0 Å². The van der Waals surface area contributed by atoms with Crippen molar-refractivity contribution in [3.05, 3.63) is 23.0 Å². The standard InChI is InChI=1S/C18H30N4O/c1-4-9-22(13-12-21-10-7-6-8-11-21)18(23)17-14-16(5-2)20-19-15(17)3/h14H,4-13H2,1-3H3. The summed E-state index contributed by atoms with van der Waals surface area (Å²) < 4.78 is 0. The number of nitrogens with zero attached hydrogens (tertiary/aromatic N) is 4. The Bertz CT molecular complexity index is 512. The number of hydrogen-bond donors (Lipinski definition) is 0. The van der Waals surface area contributed by atoms with Gasteiger partial charge in [-0.25, -0.2) is 0 Å². The molecule has 0 aromatic carbocycles. The lowest BCUT2D eigenvalue weighted by Crippen LogP contribution is -2.41. The summed E-state index contributed by atoms with van der Waals surface area (Å²) in [6, 6.07) is 1.91. The molecule has 0 unspecified atom stereocenters. The number of aromatic nitrogens is 2. The van der Waals surface area contributed by atoms with E-state index in [9.17, 15) is 4.79 Å². The third-order valence-corrected chi connectivity index (χ3v) is 4.54. The Balaban J connectivity index is 2.05. The van der Waals surface area contributed by atoms with Crippen LogP contribution in [0.15, 0.2) is 6.07 Å². The lowest BCUT2D eigenvalue weighted by atomic mass is 10.1. The Morgan fingerprint density at radius 2 is 1.91 bits per heavy atom. The van der Waals surface area contributed by atoms with E-state index in [4.69, 9.17) is 0 Å².